The molecule has 0 amide bonds. The van der Waals surface area contributed by atoms with Crippen LogP contribution >= 0.6 is 11.6 Å². The van der Waals surface area contributed by atoms with Gasteiger partial charge in [0.1, 0.15) is 11.5 Å². The molecule has 2 aromatic rings. The number of halogens is 1. The summed E-state index contributed by atoms with van der Waals surface area (Å²) in [5.41, 5.74) is 1.32. The largest absolute Gasteiger partial charge is 0.464 e. The van der Waals surface area contributed by atoms with E-state index in [9.17, 15) is 4.79 Å². The van der Waals surface area contributed by atoms with Crippen LogP contribution in [0.2, 0.25) is 5.02 Å². The van der Waals surface area contributed by atoms with Crippen LogP contribution in [0.1, 0.15) is 16.1 Å². The van der Waals surface area contributed by atoms with Crippen molar-refractivity contribution in [2.24, 2.45) is 0 Å². The number of hydrogen-bond donors (Lipinski definition) is 0. The summed E-state index contributed by atoms with van der Waals surface area (Å²) >= 11 is 5.77. The molecule has 0 saturated carbocycles. The summed E-state index contributed by atoms with van der Waals surface area (Å²) in [4.78, 5) is 15.8. The molecule has 2 aromatic heterocycles. The van der Waals surface area contributed by atoms with Crippen molar-refractivity contribution >= 4 is 17.6 Å². The van der Waals surface area contributed by atoms with Gasteiger partial charge < -0.3 is 4.74 Å². The van der Waals surface area contributed by atoms with E-state index < -0.39 is 0 Å². The number of esters is 1. The number of carbonyl (C=O) groups excluding carboxylic acids is 1. The summed E-state index contributed by atoms with van der Waals surface area (Å²) in [6, 6.07) is 5.30. The lowest BCUT2D eigenvalue weighted by Gasteiger charge is -2.07. The number of aromatic nitrogens is 2. The van der Waals surface area contributed by atoms with Crippen molar-refractivity contribution in [2.75, 3.05) is 7.11 Å². The molecule has 2 heterocycles. The third-order valence-corrected chi connectivity index (χ3v) is 2.65. The molecule has 0 aromatic carbocycles. The van der Waals surface area contributed by atoms with Gasteiger partial charge in [-0.15, -0.1) is 0 Å². The molecular formula is C12H11ClN2O2. The van der Waals surface area contributed by atoms with Crippen LogP contribution in [0.5, 0.6) is 0 Å². The Morgan fingerprint density at radius 3 is 2.76 bits per heavy atom. The fourth-order valence-corrected chi connectivity index (χ4v) is 1.70. The van der Waals surface area contributed by atoms with Gasteiger partial charge in [0.2, 0.25) is 0 Å². The van der Waals surface area contributed by atoms with Crippen molar-refractivity contribution in [1.82, 2.24) is 9.55 Å². The average Bonchev–Trinajstić information content (AvgIpc) is 2.71. The summed E-state index contributed by atoms with van der Waals surface area (Å²) in [5, 5.41) is 0.553. The van der Waals surface area contributed by atoms with Crippen LogP contribution in [-0.2, 0) is 4.74 Å². The van der Waals surface area contributed by atoms with Gasteiger partial charge in [-0.1, -0.05) is 11.6 Å². The van der Waals surface area contributed by atoms with Crippen LogP contribution in [-0.4, -0.2) is 22.6 Å². The van der Waals surface area contributed by atoms with Gasteiger partial charge in [0.05, 0.1) is 12.1 Å². The number of nitrogens with zero attached hydrogens (tertiary/aromatic N) is 2. The molecule has 0 unspecified atom stereocenters. The highest BCUT2D eigenvalue weighted by atomic mass is 35.5. The normalized spacial score (nSPS) is 10.3. The summed E-state index contributed by atoms with van der Waals surface area (Å²) < 4.78 is 6.43. The molecule has 88 valence electrons. The van der Waals surface area contributed by atoms with Crippen molar-refractivity contribution < 1.29 is 9.53 Å². The molecule has 5 heteroatoms. The number of ether oxygens (including phenoxy) is 1. The van der Waals surface area contributed by atoms with Crippen LogP contribution in [0.15, 0.2) is 30.6 Å². The molecule has 0 fully saturated rings. The van der Waals surface area contributed by atoms with E-state index >= 15 is 0 Å². The molecule has 17 heavy (non-hydrogen) atoms. The first-order chi connectivity index (χ1) is 8.13. The number of methoxy groups -OCH3 is 1. The number of pyridine rings is 1. The number of carbonyl (C=O) groups is 1. The molecule has 0 aliphatic rings. The first-order valence-corrected chi connectivity index (χ1v) is 5.39. The maximum Gasteiger partial charge on any atom is 0.355 e. The molecule has 0 spiro atoms. The molecule has 0 saturated heterocycles. The molecule has 0 radical (unpaired) electrons. The van der Waals surface area contributed by atoms with Gasteiger partial charge in [0, 0.05) is 12.4 Å². The molecule has 2 rings (SSSR count). The van der Waals surface area contributed by atoms with Crippen LogP contribution in [0, 0.1) is 6.92 Å². The zero-order chi connectivity index (χ0) is 12.4. The first kappa shape index (κ1) is 11.7. The third kappa shape index (κ3) is 2.17. The zero-order valence-electron chi connectivity index (χ0n) is 9.48. The van der Waals surface area contributed by atoms with E-state index in [0.717, 1.165) is 5.56 Å². The molecule has 0 atom stereocenters. The highest BCUT2D eigenvalue weighted by molar-refractivity contribution is 6.30. The van der Waals surface area contributed by atoms with E-state index in [-0.39, 0.29) is 5.97 Å². The molecule has 0 aliphatic carbocycles. The predicted molar refractivity (Wildman–Crippen MR) is 64.7 cm³/mol. The lowest BCUT2D eigenvalue weighted by Crippen LogP contribution is -2.10. The minimum Gasteiger partial charge on any atom is -0.464 e. The summed E-state index contributed by atoms with van der Waals surface area (Å²) in [6.07, 6.45) is 3.31. The topological polar surface area (TPSA) is 44.1 Å². The second-order valence-electron chi connectivity index (χ2n) is 3.54. The molecule has 0 aliphatic heterocycles. The molecular weight excluding hydrogens is 240 g/mol. The Kier molecular flexibility index (Phi) is 3.15. The Bertz CT molecular complexity index is 546. The zero-order valence-corrected chi connectivity index (χ0v) is 10.2. The van der Waals surface area contributed by atoms with Gasteiger partial charge in [-0.3, -0.25) is 4.57 Å². The van der Waals surface area contributed by atoms with Gasteiger partial charge in [-0.25, -0.2) is 9.78 Å². The fourth-order valence-electron chi connectivity index (χ4n) is 1.59. The standard InChI is InChI=1S/C12H11ClN2O2/c1-8-5-6-15(11(8)12(16)17-2)10-4-3-9(13)7-14-10/h3-7H,1-2H3. The van der Waals surface area contributed by atoms with Crippen LogP contribution in [0.4, 0.5) is 0 Å². The van der Waals surface area contributed by atoms with E-state index in [2.05, 4.69) is 4.98 Å². The van der Waals surface area contributed by atoms with E-state index in [1.54, 1.807) is 22.9 Å². The number of hydrogen-bond acceptors (Lipinski definition) is 3. The van der Waals surface area contributed by atoms with Gasteiger partial charge in [0.25, 0.3) is 0 Å². The van der Waals surface area contributed by atoms with Crippen molar-refractivity contribution in [3.8, 4) is 5.82 Å². The van der Waals surface area contributed by atoms with Gasteiger partial charge in [-0.05, 0) is 30.7 Å². The van der Waals surface area contributed by atoms with E-state index in [4.69, 9.17) is 16.3 Å². The Balaban J connectivity index is 2.52. The van der Waals surface area contributed by atoms with Crippen LogP contribution < -0.4 is 0 Å². The molecule has 0 bridgehead atoms. The highest BCUT2D eigenvalue weighted by Crippen LogP contribution is 2.17. The maximum atomic E-state index is 11.7. The summed E-state index contributed by atoms with van der Waals surface area (Å²) in [5.74, 6) is 0.243. The maximum absolute atomic E-state index is 11.7. The Labute approximate surface area is 104 Å². The van der Waals surface area contributed by atoms with Crippen molar-refractivity contribution in [2.45, 2.75) is 6.92 Å². The SMILES string of the molecule is COC(=O)c1c(C)ccn1-c1ccc(Cl)cn1. The van der Waals surface area contributed by atoms with Crippen LogP contribution in [0.3, 0.4) is 0 Å². The predicted octanol–water partition coefficient (Wildman–Crippen LogP) is 2.62. The second kappa shape index (κ2) is 4.59. The quantitative estimate of drug-likeness (QED) is 0.770. The molecule has 4 nitrogen and oxygen atoms in total. The monoisotopic (exact) mass is 250 g/mol. The average molecular weight is 251 g/mol. The summed E-state index contributed by atoms with van der Waals surface area (Å²) in [6.45, 7) is 1.85. The Morgan fingerprint density at radius 2 is 2.18 bits per heavy atom. The van der Waals surface area contributed by atoms with Crippen molar-refractivity contribution in [3.63, 3.8) is 0 Å². The second-order valence-corrected chi connectivity index (χ2v) is 3.98. The third-order valence-electron chi connectivity index (χ3n) is 2.43. The minimum atomic E-state index is -0.385. The fraction of sp³-hybridized carbons (Fsp3) is 0.167. The van der Waals surface area contributed by atoms with Crippen molar-refractivity contribution in [3.05, 3.63) is 46.9 Å². The highest BCUT2D eigenvalue weighted by Gasteiger charge is 2.16. The first-order valence-electron chi connectivity index (χ1n) is 5.01. The van der Waals surface area contributed by atoms with Crippen molar-refractivity contribution in [1.29, 1.82) is 0 Å². The lowest BCUT2D eigenvalue weighted by atomic mass is 10.3. The minimum absolute atomic E-state index is 0.385. The van der Waals surface area contributed by atoms with Gasteiger partial charge in [-0.2, -0.15) is 0 Å². The lowest BCUT2D eigenvalue weighted by molar-refractivity contribution is 0.0590. The smallest absolute Gasteiger partial charge is 0.355 e. The van der Waals surface area contributed by atoms with E-state index in [1.165, 1.54) is 13.3 Å². The molecule has 0 N–H and O–H groups in total. The van der Waals surface area contributed by atoms with Gasteiger partial charge in [0.15, 0.2) is 0 Å². The van der Waals surface area contributed by atoms with Gasteiger partial charge >= 0.3 is 5.97 Å². The van der Waals surface area contributed by atoms with E-state index in [0.29, 0.717) is 16.5 Å². The number of rotatable bonds is 2. The summed E-state index contributed by atoms with van der Waals surface area (Å²) in [7, 11) is 1.36. The Hall–Kier alpha value is -1.81. The Morgan fingerprint density at radius 1 is 1.41 bits per heavy atom. The van der Waals surface area contributed by atoms with E-state index in [1.807, 2.05) is 13.0 Å². The number of aryl methyl sites for hydroxylation is 1. The van der Waals surface area contributed by atoms with Crippen LogP contribution in [0.25, 0.3) is 5.82 Å².